The number of amides is 1. The molecule has 1 saturated heterocycles. The number of hydrogen-bond donors (Lipinski definition) is 1. The number of hydrogen-bond acceptors (Lipinski definition) is 3. The van der Waals surface area contributed by atoms with Gasteiger partial charge in [-0.1, -0.05) is 24.3 Å². The summed E-state index contributed by atoms with van der Waals surface area (Å²) < 4.78 is 20.2. The van der Waals surface area contributed by atoms with E-state index in [4.69, 9.17) is 4.74 Å². The summed E-state index contributed by atoms with van der Waals surface area (Å²) in [5, 5.41) is 2.88. The highest BCUT2D eigenvalue weighted by atomic mass is 19.1. The molecule has 26 heavy (non-hydrogen) atoms. The van der Waals surface area contributed by atoms with E-state index in [-0.39, 0.29) is 11.7 Å². The van der Waals surface area contributed by atoms with Gasteiger partial charge in [0.2, 0.25) is 5.91 Å². The maximum atomic E-state index is 14.8. The topological polar surface area (TPSA) is 51.2 Å². The highest BCUT2D eigenvalue weighted by Gasteiger charge is 2.40. The number of nitrogens with zero attached hydrogens (tertiary/aromatic N) is 1. The third kappa shape index (κ3) is 3.99. The molecule has 1 aliphatic heterocycles. The van der Waals surface area contributed by atoms with E-state index in [0.717, 1.165) is 11.1 Å². The molecule has 1 aromatic heterocycles. The molecule has 0 unspecified atom stereocenters. The van der Waals surface area contributed by atoms with Gasteiger partial charge in [0.05, 0.1) is 5.41 Å². The third-order valence-electron chi connectivity index (χ3n) is 4.92. The van der Waals surface area contributed by atoms with Gasteiger partial charge in [-0.2, -0.15) is 0 Å². The quantitative estimate of drug-likeness (QED) is 0.808. The second kappa shape index (κ2) is 8.23. The predicted octanol–water partition coefficient (Wildman–Crippen LogP) is 3.53. The number of pyridine rings is 1. The van der Waals surface area contributed by atoms with E-state index >= 15 is 0 Å². The number of halogens is 1. The summed E-state index contributed by atoms with van der Waals surface area (Å²) in [6, 6.07) is 8.88. The number of ether oxygens (including phenoxy) is 1. The summed E-state index contributed by atoms with van der Waals surface area (Å²) in [7, 11) is 0. The SMILES string of the molecule is C=CCNC(=O)C1(Cc2ccc(-c3cccnc3)cc2F)CCOCC1. The molecule has 0 bridgehead atoms. The lowest BCUT2D eigenvalue weighted by atomic mass is 9.74. The van der Waals surface area contributed by atoms with E-state index in [1.807, 2.05) is 18.2 Å². The molecule has 1 aliphatic rings. The summed E-state index contributed by atoms with van der Waals surface area (Å²) in [4.78, 5) is 16.8. The fourth-order valence-electron chi connectivity index (χ4n) is 3.37. The molecule has 4 nitrogen and oxygen atoms in total. The second-order valence-corrected chi connectivity index (χ2v) is 6.62. The molecule has 1 N–H and O–H groups in total. The Kier molecular flexibility index (Phi) is 5.78. The van der Waals surface area contributed by atoms with Crippen LogP contribution in [0.25, 0.3) is 11.1 Å². The van der Waals surface area contributed by atoms with E-state index in [2.05, 4.69) is 16.9 Å². The average molecular weight is 354 g/mol. The Morgan fingerprint density at radius 2 is 2.12 bits per heavy atom. The molecule has 0 saturated carbocycles. The number of carbonyl (C=O) groups is 1. The minimum atomic E-state index is -0.641. The molecule has 2 heterocycles. The van der Waals surface area contributed by atoms with Crippen molar-refractivity contribution in [3.63, 3.8) is 0 Å². The van der Waals surface area contributed by atoms with E-state index in [0.29, 0.717) is 44.6 Å². The Morgan fingerprint density at radius 3 is 2.77 bits per heavy atom. The monoisotopic (exact) mass is 354 g/mol. The fourth-order valence-corrected chi connectivity index (χ4v) is 3.37. The van der Waals surface area contributed by atoms with Crippen molar-refractivity contribution in [2.75, 3.05) is 19.8 Å². The van der Waals surface area contributed by atoms with Gasteiger partial charge in [-0.15, -0.1) is 6.58 Å². The number of rotatable bonds is 6. The second-order valence-electron chi connectivity index (χ2n) is 6.62. The van der Waals surface area contributed by atoms with Gasteiger partial charge in [-0.3, -0.25) is 9.78 Å². The normalized spacial score (nSPS) is 16.0. The molecule has 1 fully saturated rings. The molecule has 0 radical (unpaired) electrons. The molecule has 1 amide bonds. The van der Waals surface area contributed by atoms with Gasteiger partial charge in [0, 0.05) is 37.7 Å². The van der Waals surface area contributed by atoms with Crippen LogP contribution in [0.4, 0.5) is 4.39 Å². The van der Waals surface area contributed by atoms with E-state index in [1.54, 1.807) is 24.5 Å². The van der Waals surface area contributed by atoms with Crippen LogP contribution in [0.2, 0.25) is 0 Å². The molecule has 0 atom stereocenters. The first kappa shape index (κ1) is 18.3. The molecular weight excluding hydrogens is 331 g/mol. The highest BCUT2D eigenvalue weighted by Crippen LogP contribution is 2.36. The van der Waals surface area contributed by atoms with Crippen LogP contribution in [-0.2, 0) is 16.0 Å². The van der Waals surface area contributed by atoms with Crippen LogP contribution in [0.3, 0.4) is 0 Å². The van der Waals surface area contributed by atoms with Gasteiger partial charge in [0.15, 0.2) is 0 Å². The van der Waals surface area contributed by atoms with E-state index in [1.165, 1.54) is 6.07 Å². The zero-order chi connectivity index (χ0) is 18.4. The van der Waals surface area contributed by atoms with Crippen molar-refractivity contribution in [2.45, 2.75) is 19.3 Å². The summed E-state index contributed by atoms with van der Waals surface area (Å²) in [6.07, 6.45) is 6.56. The molecule has 0 spiro atoms. The van der Waals surface area contributed by atoms with Crippen LogP contribution >= 0.6 is 0 Å². The Hall–Kier alpha value is -2.53. The first-order chi connectivity index (χ1) is 12.6. The zero-order valence-corrected chi connectivity index (χ0v) is 14.7. The Morgan fingerprint density at radius 1 is 1.31 bits per heavy atom. The molecule has 1 aromatic carbocycles. The number of aromatic nitrogens is 1. The first-order valence-electron chi connectivity index (χ1n) is 8.80. The van der Waals surface area contributed by atoms with Crippen LogP contribution in [0.5, 0.6) is 0 Å². The highest BCUT2D eigenvalue weighted by molar-refractivity contribution is 5.83. The van der Waals surface area contributed by atoms with Crippen molar-refractivity contribution in [1.29, 1.82) is 0 Å². The Labute approximate surface area is 153 Å². The van der Waals surface area contributed by atoms with Gasteiger partial charge in [0.1, 0.15) is 5.82 Å². The molecular formula is C21H23FN2O2. The maximum absolute atomic E-state index is 14.8. The summed E-state index contributed by atoms with van der Waals surface area (Å²) in [6.45, 7) is 5.06. The Bertz CT molecular complexity index is 771. The minimum Gasteiger partial charge on any atom is -0.381 e. The lowest BCUT2D eigenvalue weighted by Crippen LogP contribution is -2.46. The Balaban J connectivity index is 1.85. The van der Waals surface area contributed by atoms with Gasteiger partial charge in [-0.05, 0) is 42.5 Å². The van der Waals surface area contributed by atoms with E-state index < -0.39 is 5.41 Å². The van der Waals surface area contributed by atoms with Crippen LogP contribution < -0.4 is 5.32 Å². The van der Waals surface area contributed by atoms with Crippen molar-refractivity contribution >= 4 is 5.91 Å². The lowest BCUT2D eigenvalue weighted by Gasteiger charge is -2.36. The maximum Gasteiger partial charge on any atom is 0.226 e. The standard InChI is InChI=1S/C21H23FN2O2/c1-2-9-24-20(25)21(7-11-26-12-8-21)14-17-6-5-16(13-19(17)22)18-4-3-10-23-15-18/h2-6,10,13,15H,1,7-9,11-12,14H2,(H,24,25). The zero-order valence-electron chi connectivity index (χ0n) is 14.7. The molecule has 2 aromatic rings. The average Bonchev–Trinajstić information content (AvgIpc) is 2.69. The van der Waals surface area contributed by atoms with Crippen LogP contribution in [0.15, 0.2) is 55.4 Å². The molecule has 3 rings (SSSR count). The molecule has 136 valence electrons. The molecule has 0 aliphatic carbocycles. The van der Waals surface area contributed by atoms with Crippen LogP contribution in [0.1, 0.15) is 18.4 Å². The number of benzene rings is 1. The van der Waals surface area contributed by atoms with Gasteiger partial charge >= 0.3 is 0 Å². The largest absolute Gasteiger partial charge is 0.381 e. The predicted molar refractivity (Wildman–Crippen MR) is 99.0 cm³/mol. The van der Waals surface area contributed by atoms with Crippen molar-refractivity contribution in [3.8, 4) is 11.1 Å². The van der Waals surface area contributed by atoms with Crippen LogP contribution in [0, 0.1) is 11.2 Å². The van der Waals surface area contributed by atoms with Gasteiger partial charge in [0.25, 0.3) is 0 Å². The summed E-state index contributed by atoms with van der Waals surface area (Å²) in [5.41, 5.74) is 1.55. The molecule has 5 heteroatoms. The van der Waals surface area contributed by atoms with Crippen molar-refractivity contribution in [2.24, 2.45) is 5.41 Å². The summed E-state index contributed by atoms with van der Waals surface area (Å²) in [5.74, 6) is -0.356. The first-order valence-corrected chi connectivity index (χ1v) is 8.80. The fraction of sp³-hybridized carbons (Fsp3) is 0.333. The van der Waals surface area contributed by atoms with Crippen molar-refractivity contribution in [1.82, 2.24) is 10.3 Å². The number of carbonyl (C=O) groups excluding carboxylic acids is 1. The number of nitrogens with one attached hydrogen (secondary N) is 1. The smallest absolute Gasteiger partial charge is 0.226 e. The summed E-state index contributed by atoms with van der Waals surface area (Å²) >= 11 is 0. The minimum absolute atomic E-state index is 0.0589. The van der Waals surface area contributed by atoms with Gasteiger partial charge in [-0.25, -0.2) is 4.39 Å². The van der Waals surface area contributed by atoms with Crippen LogP contribution in [-0.4, -0.2) is 30.6 Å². The third-order valence-corrected chi connectivity index (χ3v) is 4.92. The van der Waals surface area contributed by atoms with Crippen molar-refractivity contribution in [3.05, 3.63) is 66.8 Å². The van der Waals surface area contributed by atoms with Gasteiger partial charge < -0.3 is 10.1 Å². The van der Waals surface area contributed by atoms with Crippen molar-refractivity contribution < 1.29 is 13.9 Å². The lowest BCUT2D eigenvalue weighted by molar-refractivity contribution is -0.136. The van der Waals surface area contributed by atoms with E-state index in [9.17, 15) is 9.18 Å².